The lowest BCUT2D eigenvalue weighted by Crippen LogP contribution is -1.95. The molecule has 0 unspecified atom stereocenters. The summed E-state index contributed by atoms with van der Waals surface area (Å²) in [5.74, 6) is 0.913. The predicted molar refractivity (Wildman–Crippen MR) is 54.6 cm³/mol. The summed E-state index contributed by atoms with van der Waals surface area (Å²) in [4.78, 5) is 7.21. The Morgan fingerprint density at radius 3 is 2.62 bits per heavy atom. The van der Waals surface area contributed by atoms with Gasteiger partial charge < -0.3 is 9.72 Å². The molecule has 0 saturated carbocycles. The van der Waals surface area contributed by atoms with Gasteiger partial charge in [0.15, 0.2) is 0 Å². The summed E-state index contributed by atoms with van der Waals surface area (Å²) in [6.07, 6.45) is 2.87. The average molecular weight is 184 g/mol. The van der Waals surface area contributed by atoms with Crippen LogP contribution in [0.2, 0.25) is 0 Å². The van der Waals surface area contributed by atoms with Crippen molar-refractivity contribution >= 4 is 0 Å². The molecule has 1 N–H and O–H groups in total. The van der Waals surface area contributed by atoms with Crippen molar-refractivity contribution in [3.63, 3.8) is 0 Å². The highest BCUT2D eigenvalue weighted by molar-refractivity contribution is 4.96. The lowest BCUT2D eigenvalue weighted by atomic mass is 10.5. The van der Waals surface area contributed by atoms with Gasteiger partial charge in [-0.2, -0.15) is 0 Å². The van der Waals surface area contributed by atoms with Gasteiger partial charge in [-0.05, 0) is 13.3 Å². The van der Waals surface area contributed by atoms with Crippen LogP contribution in [0.3, 0.4) is 0 Å². The van der Waals surface area contributed by atoms with Gasteiger partial charge in [0, 0.05) is 18.5 Å². The molecule has 76 valence electrons. The first kappa shape index (κ1) is 12.2. The van der Waals surface area contributed by atoms with Crippen molar-refractivity contribution in [1.82, 2.24) is 9.97 Å². The lowest BCUT2D eigenvalue weighted by molar-refractivity contribution is 0.116. The Labute approximate surface area is 80.5 Å². The van der Waals surface area contributed by atoms with Crippen LogP contribution in [0, 0.1) is 6.92 Å². The van der Waals surface area contributed by atoms with Crippen LogP contribution in [-0.4, -0.2) is 16.6 Å². The average Bonchev–Trinajstić information content (AvgIpc) is 2.56. The highest BCUT2D eigenvalue weighted by Gasteiger charge is 1.95. The summed E-state index contributed by atoms with van der Waals surface area (Å²) in [6, 6.07) is 0. The zero-order chi connectivity index (χ0) is 10.1. The van der Waals surface area contributed by atoms with Gasteiger partial charge in [0.1, 0.15) is 12.4 Å². The Balaban J connectivity index is 0.000000671. The van der Waals surface area contributed by atoms with E-state index < -0.39 is 0 Å². The van der Waals surface area contributed by atoms with E-state index in [2.05, 4.69) is 16.9 Å². The highest BCUT2D eigenvalue weighted by atomic mass is 16.5. The van der Waals surface area contributed by atoms with Crippen molar-refractivity contribution in [2.24, 2.45) is 0 Å². The number of rotatable bonds is 4. The van der Waals surface area contributed by atoms with Gasteiger partial charge >= 0.3 is 0 Å². The summed E-state index contributed by atoms with van der Waals surface area (Å²) < 4.78 is 5.29. The molecular formula is C10H20N2O. The zero-order valence-electron chi connectivity index (χ0n) is 9.05. The molecule has 0 aliphatic rings. The Hall–Kier alpha value is -0.830. The van der Waals surface area contributed by atoms with E-state index in [4.69, 9.17) is 4.74 Å². The first-order valence-corrected chi connectivity index (χ1v) is 4.91. The fraction of sp³-hybridized carbons (Fsp3) is 0.700. The fourth-order valence-corrected chi connectivity index (χ4v) is 0.853. The maximum Gasteiger partial charge on any atom is 0.132 e. The Morgan fingerprint density at radius 2 is 2.15 bits per heavy atom. The number of hydrogen-bond acceptors (Lipinski definition) is 2. The van der Waals surface area contributed by atoms with Gasteiger partial charge in [0.05, 0.1) is 0 Å². The second-order valence-electron chi connectivity index (χ2n) is 2.57. The number of nitrogens with zero attached hydrogens (tertiary/aromatic N) is 1. The van der Waals surface area contributed by atoms with Gasteiger partial charge in [-0.1, -0.05) is 20.8 Å². The summed E-state index contributed by atoms with van der Waals surface area (Å²) in [5.41, 5.74) is 1.08. The smallest absolute Gasteiger partial charge is 0.132 e. The maximum atomic E-state index is 5.29. The zero-order valence-corrected chi connectivity index (χ0v) is 9.05. The molecule has 13 heavy (non-hydrogen) atoms. The van der Waals surface area contributed by atoms with E-state index in [9.17, 15) is 0 Å². The maximum absolute atomic E-state index is 5.29. The SMILES string of the molecule is CC.CCCOCc1ncc(C)[nH]1. The lowest BCUT2D eigenvalue weighted by Gasteiger charge is -1.97. The van der Waals surface area contributed by atoms with E-state index in [0.29, 0.717) is 6.61 Å². The van der Waals surface area contributed by atoms with Crippen LogP contribution >= 0.6 is 0 Å². The molecule has 3 nitrogen and oxygen atoms in total. The highest BCUT2D eigenvalue weighted by Crippen LogP contribution is 1.96. The van der Waals surface area contributed by atoms with Crippen molar-refractivity contribution in [3.8, 4) is 0 Å². The summed E-state index contributed by atoms with van der Waals surface area (Å²) in [6.45, 7) is 9.48. The number of ether oxygens (including phenoxy) is 1. The third-order valence-electron chi connectivity index (χ3n) is 1.34. The Morgan fingerprint density at radius 1 is 1.46 bits per heavy atom. The summed E-state index contributed by atoms with van der Waals surface area (Å²) in [7, 11) is 0. The largest absolute Gasteiger partial charge is 0.374 e. The van der Waals surface area contributed by atoms with Gasteiger partial charge in [-0.3, -0.25) is 0 Å². The third-order valence-corrected chi connectivity index (χ3v) is 1.34. The minimum absolute atomic E-state index is 0.599. The van der Waals surface area contributed by atoms with E-state index in [1.165, 1.54) is 0 Å². The van der Waals surface area contributed by atoms with Crippen LogP contribution in [0.1, 0.15) is 38.7 Å². The van der Waals surface area contributed by atoms with E-state index >= 15 is 0 Å². The summed E-state index contributed by atoms with van der Waals surface area (Å²) >= 11 is 0. The monoisotopic (exact) mass is 184 g/mol. The van der Waals surface area contributed by atoms with Crippen molar-refractivity contribution in [3.05, 3.63) is 17.7 Å². The van der Waals surface area contributed by atoms with Crippen molar-refractivity contribution in [2.45, 2.75) is 40.7 Å². The molecule has 1 aromatic rings. The Bertz CT molecular complexity index is 208. The van der Waals surface area contributed by atoms with Gasteiger partial charge in [-0.15, -0.1) is 0 Å². The van der Waals surface area contributed by atoms with Crippen LogP contribution in [0.4, 0.5) is 0 Å². The third kappa shape index (κ3) is 5.42. The molecule has 1 aromatic heterocycles. The molecule has 0 aliphatic carbocycles. The van der Waals surface area contributed by atoms with Gasteiger partial charge in [-0.25, -0.2) is 4.98 Å². The second kappa shape index (κ2) is 7.80. The molecule has 0 saturated heterocycles. The molecule has 0 aliphatic heterocycles. The molecule has 0 bridgehead atoms. The van der Waals surface area contributed by atoms with Crippen LogP contribution in [0.5, 0.6) is 0 Å². The standard InChI is InChI=1S/C8H14N2O.C2H6/c1-3-4-11-6-8-9-5-7(2)10-8;1-2/h5H,3-4,6H2,1-2H3,(H,9,10);1-2H3. The minimum Gasteiger partial charge on any atom is -0.374 e. The topological polar surface area (TPSA) is 37.9 Å². The number of hydrogen-bond donors (Lipinski definition) is 1. The number of aromatic nitrogens is 2. The van der Waals surface area contributed by atoms with Crippen molar-refractivity contribution < 1.29 is 4.74 Å². The molecule has 1 heterocycles. The fourth-order valence-electron chi connectivity index (χ4n) is 0.853. The quantitative estimate of drug-likeness (QED) is 0.730. The molecule has 3 heteroatoms. The molecule has 0 atom stereocenters. The van der Waals surface area contributed by atoms with Gasteiger partial charge in [0.25, 0.3) is 0 Å². The molecule has 0 radical (unpaired) electrons. The van der Waals surface area contributed by atoms with Crippen LogP contribution in [-0.2, 0) is 11.3 Å². The van der Waals surface area contributed by atoms with Crippen molar-refractivity contribution in [2.75, 3.05) is 6.61 Å². The molecule has 0 spiro atoms. The van der Waals surface area contributed by atoms with E-state index in [0.717, 1.165) is 24.5 Å². The molecule has 0 amide bonds. The normalized spacial score (nSPS) is 9.23. The van der Waals surface area contributed by atoms with Gasteiger partial charge in [0.2, 0.25) is 0 Å². The van der Waals surface area contributed by atoms with Crippen molar-refractivity contribution in [1.29, 1.82) is 0 Å². The minimum atomic E-state index is 0.599. The number of aromatic amines is 1. The van der Waals surface area contributed by atoms with E-state index in [-0.39, 0.29) is 0 Å². The number of H-pyrrole nitrogens is 1. The molecule has 1 rings (SSSR count). The van der Waals surface area contributed by atoms with Crippen LogP contribution < -0.4 is 0 Å². The Kier molecular flexibility index (Phi) is 7.30. The number of aryl methyl sites for hydroxylation is 1. The van der Waals surface area contributed by atoms with E-state index in [1.807, 2.05) is 27.0 Å². The molecule has 0 aromatic carbocycles. The number of imidazole rings is 1. The first-order valence-electron chi connectivity index (χ1n) is 4.91. The van der Waals surface area contributed by atoms with Crippen LogP contribution in [0.25, 0.3) is 0 Å². The number of nitrogens with one attached hydrogen (secondary N) is 1. The predicted octanol–water partition coefficient (Wildman–Crippen LogP) is 2.67. The second-order valence-corrected chi connectivity index (χ2v) is 2.57. The first-order chi connectivity index (χ1) is 6.33. The summed E-state index contributed by atoms with van der Waals surface area (Å²) in [5, 5.41) is 0. The molecular weight excluding hydrogens is 164 g/mol. The van der Waals surface area contributed by atoms with E-state index in [1.54, 1.807) is 0 Å². The van der Waals surface area contributed by atoms with Crippen LogP contribution in [0.15, 0.2) is 6.20 Å². The molecule has 0 fully saturated rings.